The molecule has 1 aromatic carbocycles. The smallest absolute Gasteiger partial charge is 0.0678 e. The fraction of sp³-hybridized carbons (Fsp3) is 0.300. The van der Waals surface area contributed by atoms with E-state index < -0.39 is 0 Å². The lowest BCUT2D eigenvalue weighted by Crippen LogP contribution is -1.99. The number of fused-ring (bicyclic) bond motifs is 1. The lowest BCUT2D eigenvalue weighted by molar-refractivity contribution is 1.03. The Hall–Kier alpha value is -1.31. The molecular weight excluding hydrogens is 148 g/mol. The molecule has 0 aliphatic carbocycles. The second-order valence-electron chi connectivity index (χ2n) is 2.90. The summed E-state index contributed by atoms with van der Waals surface area (Å²) in [6.45, 7) is 0. The van der Waals surface area contributed by atoms with E-state index in [1.54, 1.807) is 0 Å². The normalized spacial score (nSPS) is 14.1. The van der Waals surface area contributed by atoms with Gasteiger partial charge < -0.3 is 5.32 Å². The van der Waals surface area contributed by atoms with Gasteiger partial charge in [0, 0.05) is 24.5 Å². The van der Waals surface area contributed by atoms with Crippen molar-refractivity contribution in [2.45, 2.75) is 12.8 Å². The van der Waals surface area contributed by atoms with Crippen molar-refractivity contribution in [1.29, 1.82) is 0 Å². The van der Waals surface area contributed by atoms with Gasteiger partial charge in [-0.25, -0.2) is 0 Å². The lowest BCUT2D eigenvalue weighted by atomic mass is 10.0. The number of hydrogen-bond acceptors (Lipinski definition) is 2. The summed E-state index contributed by atoms with van der Waals surface area (Å²) >= 11 is 0. The van der Waals surface area contributed by atoms with Crippen molar-refractivity contribution < 1.29 is 0 Å². The Morgan fingerprint density at radius 2 is 2.33 bits per heavy atom. The van der Waals surface area contributed by atoms with Crippen molar-refractivity contribution >= 4 is 17.6 Å². The zero-order valence-electron chi connectivity index (χ0n) is 7.17. The number of hydrogen-bond donors (Lipinski definition) is 1. The monoisotopic (exact) mass is 160 g/mol. The summed E-state index contributed by atoms with van der Waals surface area (Å²) in [5.74, 6) is 0. The lowest BCUT2D eigenvalue weighted by Gasteiger charge is -2.13. The molecule has 1 heterocycles. The molecule has 0 saturated carbocycles. The predicted octanol–water partition coefficient (Wildman–Crippen LogP) is 2.38. The molecular formula is C10H12N2. The SMILES string of the molecule is CNc1cccc2c1CCC=N2. The molecule has 0 saturated heterocycles. The highest BCUT2D eigenvalue weighted by Gasteiger charge is 2.08. The minimum atomic E-state index is 1.06. The highest BCUT2D eigenvalue weighted by Crippen LogP contribution is 2.29. The van der Waals surface area contributed by atoms with E-state index in [0.717, 1.165) is 18.5 Å². The topological polar surface area (TPSA) is 24.4 Å². The van der Waals surface area contributed by atoms with Gasteiger partial charge in [0.25, 0.3) is 0 Å². The Balaban J connectivity index is 2.53. The molecule has 0 fully saturated rings. The molecule has 12 heavy (non-hydrogen) atoms. The van der Waals surface area contributed by atoms with E-state index in [1.165, 1.54) is 11.3 Å². The number of anilines is 1. The summed E-state index contributed by atoms with van der Waals surface area (Å²) in [4.78, 5) is 4.34. The quantitative estimate of drug-likeness (QED) is 0.670. The van der Waals surface area contributed by atoms with E-state index in [4.69, 9.17) is 0 Å². The van der Waals surface area contributed by atoms with Crippen molar-refractivity contribution in [3.8, 4) is 0 Å². The zero-order valence-corrected chi connectivity index (χ0v) is 7.17. The third kappa shape index (κ3) is 1.09. The van der Waals surface area contributed by atoms with Gasteiger partial charge in [-0.05, 0) is 25.0 Å². The minimum absolute atomic E-state index is 1.06. The molecule has 1 aliphatic heterocycles. The first-order valence-corrected chi connectivity index (χ1v) is 4.24. The maximum absolute atomic E-state index is 4.34. The number of rotatable bonds is 1. The minimum Gasteiger partial charge on any atom is -0.388 e. The fourth-order valence-electron chi connectivity index (χ4n) is 1.56. The predicted molar refractivity (Wildman–Crippen MR) is 52.5 cm³/mol. The molecule has 2 heteroatoms. The molecule has 0 aromatic heterocycles. The molecule has 2 nitrogen and oxygen atoms in total. The third-order valence-corrected chi connectivity index (χ3v) is 2.17. The van der Waals surface area contributed by atoms with Gasteiger partial charge in [0.15, 0.2) is 0 Å². The summed E-state index contributed by atoms with van der Waals surface area (Å²) in [7, 11) is 1.95. The molecule has 0 bridgehead atoms. The summed E-state index contributed by atoms with van der Waals surface area (Å²) in [6.07, 6.45) is 4.16. The first kappa shape index (κ1) is 7.35. The van der Waals surface area contributed by atoms with Gasteiger partial charge in [-0.2, -0.15) is 0 Å². The Kier molecular flexibility index (Phi) is 1.82. The molecule has 0 spiro atoms. The van der Waals surface area contributed by atoms with Crippen molar-refractivity contribution in [3.63, 3.8) is 0 Å². The Morgan fingerprint density at radius 1 is 1.42 bits per heavy atom. The van der Waals surface area contributed by atoms with Crippen LogP contribution in [0, 0.1) is 0 Å². The van der Waals surface area contributed by atoms with Crippen LogP contribution in [-0.4, -0.2) is 13.3 Å². The number of nitrogens with zero attached hydrogens (tertiary/aromatic N) is 1. The molecule has 0 unspecified atom stereocenters. The van der Waals surface area contributed by atoms with E-state index >= 15 is 0 Å². The summed E-state index contributed by atoms with van der Waals surface area (Å²) in [5.41, 5.74) is 3.68. The second-order valence-corrected chi connectivity index (χ2v) is 2.90. The van der Waals surface area contributed by atoms with Crippen LogP contribution in [0.25, 0.3) is 0 Å². The van der Waals surface area contributed by atoms with E-state index in [2.05, 4.69) is 22.4 Å². The van der Waals surface area contributed by atoms with Gasteiger partial charge in [-0.1, -0.05) is 6.07 Å². The maximum atomic E-state index is 4.34. The first-order valence-electron chi connectivity index (χ1n) is 4.24. The van der Waals surface area contributed by atoms with Crippen molar-refractivity contribution in [3.05, 3.63) is 23.8 Å². The molecule has 1 N–H and O–H groups in total. The molecule has 1 aromatic rings. The molecule has 1 aliphatic rings. The van der Waals surface area contributed by atoms with Gasteiger partial charge in [0.1, 0.15) is 0 Å². The maximum Gasteiger partial charge on any atom is 0.0678 e. The highest BCUT2D eigenvalue weighted by molar-refractivity contribution is 5.73. The first-order chi connectivity index (χ1) is 5.92. The molecule has 0 atom stereocenters. The Labute approximate surface area is 72.3 Å². The van der Waals surface area contributed by atoms with Crippen LogP contribution in [-0.2, 0) is 6.42 Å². The average Bonchev–Trinajstić information content (AvgIpc) is 2.17. The van der Waals surface area contributed by atoms with E-state index in [-0.39, 0.29) is 0 Å². The standard InChI is InChI=1S/C10H12N2/c1-11-9-5-2-6-10-8(9)4-3-7-12-10/h2,5-7,11H,3-4H2,1H3. The largest absolute Gasteiger partial charge is 0.388 e. The van der Waals surface area contributed by atoms with E-state index in [9.17, 15) is 0 Å². The van der Waals surface area contributed by atoms with Gasteiger partial charge >= 0.3 is 0 Å². The van der Waals surface area contributed by atoms with Crippen LogP contribution in [0.15, 0.2) is 23.2 Å². The molecule has 2 rings (SSSR count). The molecule has 0 amide bonds. The third-order valence-electron chi connectivity index (χ3n) is 2.17. The molecule has 62 valence electrons. The van der Waals surface area contributed by atoms with Crippen molar-refractivity contribution in [2.75, 3.05) is 12.4 Å². The Morgan fingerprint density at radius 3 is 3.17 bits per heavy atom. The van der Waals surface area contributed by atoms with Crippen LogP contribution in [0.2, 0.25) is 0 Å². The van der Waals surface area contributed by atoms with Crippen LogP contribution >= 0.6 is 0 Å². The zero-order chi connectivity index (χ0) is 8.39. The molecule has 0 radical (unpaired) electrons. The summed E-state index contributed by atoms with van der Waals surface area (Å²) < 4.78 is 0. The van der Waals surface area contributed by atoms with Crippen LogP contribution in [0.4, 0.5) is 11.4 Å². The fourth-order valence-corrected chi connectivity index (χ4v) is 1.56. The van der Waals surface area contributed by atoms with Gasteiger partial charge in [0.05, 0.1) is 5.69 Å². The van der Waals surface area contributed by atoms with Crippen molar-refractivity contribution in [2.24, 2.45) is 4.99 Å². The second kappa shape index (κ2) is 2.97. The van der Waals surface area contributed by atoms with Gasteiger partial charge in [0.2, 0.25) is 0 Å². The van der Waals surface area contributed by atoms with Crippen LogP contribution in [0.3, 0.4) is 0 Å². The van der Waals surface area contributed by atoms with Gasteiger partial charge in [-0.3, -0.25) is 4.99 Å². The highest BCUT2D eigenvalue weighted by atomic mass is 14.8. The van der Waals surface area contributed by atoms with Crippen LogP contribution < -0.4 is 5.32 Å². The van der Waals surface area contributed by atoms with E-state index in [0.29, 0.717) is 0 Å². The Bertz CT molecular complexity index is 316. The summed E-state index contributed by atoms with van der Waals surface area (Å²) in [6, 6.07) is 6.19. The van der Waals surface area contributed by atoms with E-state index in [1.807, 2.05) is 19.3 Å². The average molecular weight is 160 g/mol. The number of benzene rings is 1. The van der Waals surface area contributed by atoms with Crippen molar-refractivity contribution in [1.82, 2.24) is 0 Å². The number of aliphatic imine (C=N–C) groups is 1. The van der Waals surface area contributed by atoms with Gasteiger partial charge in [-0.15, -0.1) is 0 Å². The summed E-state index contributed by atoms with van der Waals surface area (Å²) in [5, 5.41) is 3.18. The van der Waals surface area contributed by atoms with Crippen LogP contribution in [0.1, 0.15) is 12.0 Å². The van der Waals surface area contributed by atoms with Crippen LogP contribution in [0.5, 0.6) is 0 Å². The number of nitrogens with one attached hydrogen (secondary N) is 1.